The number of nitrogen functional groups attached to an aromatic ring is 1. The van der Waals surface area contributed by atoms with Crippen LogP contribution in [0.1, 0.15) is 16.7 Å². The molecule has 0 saturated carbocycles. The summed E-state index contributed by atoms with van der Waals surface area (Å²) in [5, 5.41) is 7.22. The molecule has 6 rings (SSSR count). The molecule has 3 heterocycles. The fraction of sp³-hybridized carbons (Fsp3) is 0.286. The summed E-state index contributed by atoms with van der Waals surface area (Å²) in [7, 11) is 3.17. The van der Waals surface area contributed by atoms with Gasteiger partial charge in [-0.1, -0.05) is 70.9 Å². The Morgan fingerprint density at radius 1 is 1.10 bits per heavy atom. The lowest BCUT2D eigenvalue weighted by Crippen LogP contribution is -2.66. The zero-order valence-electron chi connectivity index (χ0n) is 27.9. The third-order valence-electron chi connectivity index (χ3n) is 8.64. The molecule has 0 spiro atoms. The van der Waals surface area contributed by atoms with Crippen molar-refractivity contribution >= 4 is 73.8 Å². The van der Waals surface area contributed by atoms with E-state index in [2.05, 4.69) is 16.9 Å². The summed E-state index contributed by atoms with van der Waals surface area (Å²) >= 11 is 13.6. The normalized spacial score (nSPS) is 17.4. The Kier molecular flexibility index (Phi) is 10.7. The summed E-state index contributed by atoms with van der Waals surface area (Å²) in [5.41, 5.74) is 9.05. The number of halogens is 2. The maximum atomic E-state index is 14.4. The van der Waals surface area contributed by atoms with Crippen LogP contribution in [0.2, 0.25) is 10.0 Å². The van der Waals surface area contributed by atoms with Crippen LogP contribution in [0.4, 0.5) is 14.7 Å². The molecule has 13 nitrogen and oxygen atoms in total. The number of hydrogen-bond acceptors (Lipinski definition) is 9. The third kappa shape index (κ3) is 7.73. The summed E-state index contributed by atoms with van der Waals surface area (Å²) in [4.78, 5) is 63.1. The van der Waals surface area contributed by atoms with Gasteiger partial charge in [0.2, 0.25) is 11.8 Å². The number of nitrogens with two attached hydrogens (primary N) is 1. The number of fused-ring (bicyclic) bond motifs is 2. The Balaban J connectivity index is 1.29. The fourth-order valence-electron chi connectivity index (χ4n) is 6.20. The lowest BCUT2D eigenvalue weighted by Gasteiger charge is -2.46. The molecule has 51 heavy (non-hydrogen) atoms. The molecule has 2 aliphatic heterocycles. The summed E-state index contributed by atoms with van der Waals surface area (Å²) < 4.78 is 6.26. The first-order chi connectivity index (χ1) is 24.4. The van der Waals surface area contributed by atoms with Crippen LogP contribution in [0.15, 0.2) is 73.3 Å². The zero-order chi connectivity index (χ0) is 36.4. The maximum absolute atomic E-state index is 14.4. The molecule has 4 aromatic rings. The van der Waals surface area contributed by atoms with Crippen molar-refractivity contribution in [3.8, 4) is 5.75 Å². The Morgan fingerprint density at radius 2 is 1.84 bits per heavy atom. The predicted octanol–water partition coefficient (Wildman–Crippen LogP) is 4.98. The highest BCUT2D eigenvalue weighted by molar-refractivity contribution is 7.22. The molecular formula is C35H36Cl2N8O5S. The SMILES string of the molecule is C=CCN(C(=O)NCc1ccc(Cl)c(Cl)c1)N1CC(=O)N2[C@@H](Cc3ccc(OC(=O)N(C)C)cc3)C(=O)N(Cc3cccc4sc(N)nc34)C[C@@H]21. The van der Waals surface area contributed by atoms with Gasteiger partial charge < -0.3 is 30.5 Å². The quantitative estimate of drug-likeness (QED) is 0.216. The van der Waals surface area contributed by atoms with Crippen LogP contribution in [0.5, 0.6) is 5.75 Å². The average molecular weight is 752 g/mol. The Hall–Kier alpha value is -4.89. The van der Waals surface area contributed by atoms with Crippen molar-refractivity contribution in [2.75, 3.05) is 39.5 Å². The minimum Gasteiger partial charge on any atom is -0.410 e. The number of para-hydroxylation sites is 1. The van der Waals surface area contributed by atoms with Crippen LogP contribution in [0, 0.1) is 0 Å². The lowest BCUT2D eigenvalue weighted by atomic mass is 9.99. The van der Waals surface area contributed by atoms with Gasteiger partial charge in [0.15, 0.2) is 5.13 Å². The first-order valence-corrected chi connectivity index (χ1v) is 17.6. The second-order valence-electron chi connectivity index (χ2n) is 12.3. The number of ether oxygens (including phenoxy) is 1. The third-order valence-corrected chi connectivity index (χ3v) is 10.2. The molecule has 266 valence electrons. The number of rotatable bonds is 10. The molecule has 0 aliphatic carbocycles. The number of hydrogen-bond donors (Lipinski definition) is 2. The number of hydrazine groups is 1. The summed E-state index contributed by atoms with van der Waals surface area (Å²) in [6, 6.07) is 16.3. The first-order valence-electron chi connectivity index (χ1n) is 16.0. The van der Waals surface area contributed by atoms with E-state index >= 15 is 0 Å². The summed E-state index contributed by atoms with van der Waals surface area (Å²) in [6.07, 6.45) is 0.573. The van der Waals surface area contributed by atoms with Crippen molar-refractivity contribution in [1.82, 2.24) is 35.0 Å². The van der Waals surface area contributed by atoms with Crippen LogP contribution in [0.3, 0.4) is 0 Å². The van der Waals surface area contributed by atoms with E-state index in [1.54, 1.807) is 77.4 Å². The molecule has 2 saturated heterocycles. The first kappa shape index (κ1) is 35.9. The number of nitrogens with one attached hydrogen (secondary N) is 1. The Labute approximate surface area is 308 Å². The van der Waals surface area contributed by atoms with Crippen LogP contribution in [-0.2, 0) is 29.1 Å². The molecule has 3 N–H and O–H groups in total. The van der Waals surface area contributed by atoms with E-state index in [0.717, 1.165) is 21.4 Å². The number of amides is 5. The number of piperazine rings is 1. The van der Waals surface area contributed by atoms with E-state index in [1.165, 1.54) is 21.2 Å². The van der Waals surface area contributed by atoms with Crippen molar-refractivity contribution in [3.05, 3.63) is 100 Å². The molecule has 2 atom stereocenters. The second kappa shape index (κ2) is 15.2. The molecule has 3 aromatic carbocycles. The minimum atomic E-state index is -0.888. The van der Waals surface area contributed by atoms with Gasteiger partial charge in [0, 0.05) is 33.6 Å². The molecule has 0 bridgehead atoms. The van der Waals surface area contributed by atoms with Gasteiger partial charge in [-0.2, -0.15) is 5.01 Å². The van der Waals surface area contributed by atoms with Crippen molar-refractivity contribution in [2.24, 2.45) is 0 Å². The van der Waals surface area contributed by atoms with Crippen molar-refractivity contribution < 1.29 is 23.9 Å². The van der Waals surface area contributed by atoms with E-state index in [9.17, 15) is 19.2 Å². The number of nitrogens with zero attached hydrogens (tertiary/aromatic N) is 6. The number of thiazole rings is 1. The van der Waals surface area contributed by atoms with Crippen molar-refractivity contribution in [2.45, 2.75) is 31.7 Å². The second-order valence-corrected chi connectivity index (χ2v) is 14.2. The van der Waals surface area contributed by atoms with Gasteiger partial charge in [0.25, 0.3) is 0 Å². The van der Waals surface area contributed by atoms with Crippen molar-refractivity contribution in [1.29, 1.82) is 0 Å². The van der Waals surface area contributed by atoms with Gasteiger partial charge in [-0.3, -0.25) is 14.6 Å². The van der Waals surface area contributed by atoms with Gasteiger partial charge in [-0.05, 0) is 47.0 Å². The van der Waals surface area contributed by atoms with E-state index < -0.39 is 24.3 Å². The van der Waals surface area contributed by atoms with E-state index in [-0.39, 0.29) is 51.0 Å². The smallest absolute Gasteiger partial charge is 0.410 e. The molecule has 0 radical (unpaired) electrons. The molecule has 5 amide bonds. The number of anilines is 1. The fourth-order valence-corrected chi connectivity index (χ4v) is 7.30. The standard InChI is InChI=1S/C35H36Cl2N8O5S/c1-4-14-43(34(48)39-17-22-10-13-25(36)26(37)15-22)44-20-30(46)45-27(16-21-8-11-24(12-9-21)50-35(49)41(2)3)32(47)42(19-29(44)45)18-23-6-5-7-28-31(23)40-33(38)51-28/h4-13,15,27,29H,1,14,16-20H2,2-3H3,(H2,38,40)(H,39,48)/t27-,29+/m0/s1. The maximum Gasteiger partial charge on any atom is 0.414 e. The van der Waals surface area contributed by atoms with Gasteiger partial charge in [-0.15, -0.1) is 6.58 Å². The van der Waals surface area contributed by atoms with Gasteiger partial charge in [-0.25, -0.2) is 14.6 Å². The van der Waals surface area contributed by atoms with E-state index in [4.69, 9.17) is 33.7 Å². The molecular weight excluding hydrogens is 715 g/mol. The van der Waals surface area contributed by atoms with Crippen LogP contribution < -0.4 is 15.8 Å². The number of carbonyl (C=O) groups excluding carboxylic acids is 4. The average Bonchev–Trinajstić information content (AvgIpc) is 3.65. The monoisotopic (exact) mass is 750 g/mol. The van der Waals surface area contributed by atoms with E-state index in [1.807, 2.05) is 18.2 Å². The molecule has 2 fully saturated rings. The Morgan fingerprint density at radius 3 is 2.55 bits per heavy atom. The van der Waals surface area contributed by atoms with E-state index in [0.29, 0.717) is 26.4 Å². The minimum absolute atomic E-state index is 0.105. The summed E-state index contributed by atoms with van der Waals surface area (Å²) in [5.74, 6) is -0.197. The molecule has 0 unspecified atom stereocenters. The number of aromatic nitrogens is 1. The van der Waals surface area contributed by atoms with Gasteiger partial charge in [0.05, 0.1) is 39.9 Å². The molecule has 16 heteroatoms. The van der Waals surface area contributed by atoms with Crippen molar-refractivity contribution in [3.63, 3.8) is 0 Å². The van der Waals surface area contributed by atoms with Gasteiger partial charge >= 0.3 is 12.1 Å². The largest absolute Gasteiger partial charge is 0.414 e. The zero-order valence-corrected chi connectivity index (χ0v) is 30.2. The van der Waals surface area contributed by atoms with Gasteiger partial charge in [0.1, 0.15) is 18.0 Å². The lowest BCUT2D eigenvalue weighted by molar-refractivity contribution is -0.157. The predicted molar refractivity (Wildman–Crippen MR) is 196 cm³/mol. The highest BCUT2D eigenvalue weighted by Crippen LogP contribution is 2.33. The molecule has 1 aromatic heterocycles. The highest BCUT2D eigenvalue weighted by Gasteiger charge is 2.52. The summed E-state index contributed by atoms with van der Waals surface area (Å²) in [6.45, 7) is 4.32. The van der Waals surface area contributed by atoms with Crippen LogP contribution in [0.25, 0.3) is 10.2 Å². The highest BCUT2D eigenvalue weighted by atomic mass is 35.5. The van der Waals surface area contributed by atoms with Crippen LogP contribution in [-0.4, -0.2) is 99.6 Å². The Bertz CT molecular complexity index is 1990. The topological polar surface area (TPSA) is 145 Å². The molecule has 2 aliphatic rings. The number of carbonyl (C=O) groups is 4. The number of benzene rings is 3. The number of urea groups is 1. The van der Waals surface area contributed by atoms with Crippen LogP contribution >= 0.6 is 34.5 Å².